The van der Waals surface area contributed by atoms with E-state index < -0.39 is 11.9 Å². The molecule has 1 aromatic carbocycles. The molecule has 0 bridgehead atoms. The minimum Gasteiger partial charge on any atom is -0.382 e. The molecule has 0 saturated carbocycles. The van der Waals surface area contributed by atoms with E-state index in [2.05, 4.69) is 10.3 Å². The highest BCUT2D eigenvalue weighted by Crippen LogP contribution is 2.23. The summed E-state index contributed by atoms with van der Waals surface area (Å²) < 4.78 is 15.0. The Hall–Kier alpha value is -1.75. The predicted octanol–water partition coefficient (Wildman–Crippen LogP) is 1.34. The molecule has 0 spiro atoms. The molecule has 1 aromatic heterocycles. The number of halogens is 1. The van der Waals surface area contributed by atoms with Crippen LogP contribution < -0.4 is 0 Å². The molecule has 0 radical (unpaired) electrons. The minimum absolute atomic E-state index is 0.241. The first kappa shape index (κ1) is 10.8. The van der Waals surface area contributed by atoms with Gasteiger partial charge in [-0.05, 0) is 13.0 Å². The first-order valence-corrected chi connectivity index (χ1v) is 4.88. The lowest BCUT2D eigenvalue weighted by Crippen LogP contribution is -2.08. The molecule has 1 atom stereocenters. The van der Waals surface area contributed by atoms with Crippen LogP contribution in [0.25, 0.3) is 0 Å². The van der Waals surface area contributed by atoms with Gasteiger partial charge in [-0.25, -0.2) is 9.07 Å². The number of aliphatic hydroxyl groups excluding tert-OH is 1. The van der Waals surface area contributed by atoms with Crippen molar-refractivity contribution in [3.63, 3.8) is 0 Å². The maximum Gasteiger partial charge on any atom is 0.129 e. The number of aromatic nitrogens is 3. The highest BCUT2D eigenvalue weighted by molar-refractivity contribution is 5.30. The Morgan fingerprint density at radius 3 is 2.81 bits per heavy atom. The van der Waals surface area contributed by atoms with Gasteiger partial charge in [-0.3, -0.25) is 0 Å². The summed E-state index contributed by atoms with van der Waals surface area (Å²) in [5, 5.41) is 17.4. The SMILES string of the molecule is Cc1ccc(F)c(C(O)c2cnnn2C)c1. The van der Waals surface area contributed by atoms with Gasteiger partial charge in [0.05, 0.1) is 11.9 Å². The molecule has 1 N–H and O–H groups in total. The predicted molar refractivity (Wildman–Crippen MR) is 56.2 cm³/mol. The molecule has 0 amide bonds. The van der Waals surface area contributed by atoms with Gasteiger partial charge < -0.3 is 5.11 Å². The topological polar surface area (TPSA) is 50.9 Å². The second-order valence-corrected chi connectivity index (χ2v) is 3.71. The molecule has 0 aliphatic rings. The summed E-state index contributed by atoms with van der Waals surface area (Å²) in [5.74, 6) is -0.431. The molecule has 2 rings (SSSR count). The molecule has 1 unspecified atom stereocenters. The number of benzene rings is 1. The standard InChI is InChI=1S/C11H12FN3O/c1-7-3-4-9(12)8(5-7)11(16)10-6-13-14-15(10)2/h3-6,11,16H,1-2H3. The molecule has 2 aromatic rings. The smallest absolute Gasteiger partial charge is 0.129 e. The van der Waals surface area contributed by atoms with Gasteiger partial charge in [0.25, 0.3) is 0 Å². The zero-order valence-corrected chi connectivity index (χ0v) is 9.05. The van der Waals surface area contributed by atoms with E-state index >= 15 is 0 Å². The molecule has 0 saturated heterocycles. The lowest BCUT2D eigenvalue weighted by atomic mass is 10.0. The van der Waals surface area contributed by atoms with Gasteiger partial charge in [-0.15, -0.1) is 5.10 Å². The van der Waals surface area contributed by atoms with Crippen molar-refractivity contribution in [3.8, 4) is 0 Å². The lowest BCUT2D eigenvalue weighted by molar-refractivity contribution is 0.204. The van der Waals surface area contributed by atoms with E-state index in [1.54, 1.807) is 19.2 Å². The fraction of sp³-hybridized carbons (Fsp3) is 0.273. The Balaban J connectivity index is 2.45. The third-order valence-electron chi connectivity index (χ3n) is 2.48. The minimum atomic E-state index is -1.04. The summed E-state index contributed by atoms with van der Waals surface area (Å²) in [6, 6.07) is 4.62. The van der Waals surface area contributed by atoms with E-state index in [0.717, 1.165) is 5.56 Å². The van der Waals surface area contributed by atoms with Crippen LogP contribution in [0.5, 0.6) is 0 Å². The largest absolute Gasteiger partial charge is 0.382 e. The normalized spacial score (nSPS) is 12.8. The van der Waals surface area contributed by atoms with Crippen LogP contribution in [0.2, 0.25) is 0 Å². The average Bonchev–Trinajstić information content (AvgIpc) is 2.67. The van der Waals surface area contributed by atoms with Crippen molar-refractivity contribution < 1.29 is 9.50 Å². The molecular formula is C11H12FN3O. The fourth-order valence-electron chi connectivity index (χ4n) is 1.58. The van der Waals surface area contributed by atoms with E-state index in [0.29, 0.717) is 5.69 Å². The Morgan fingerprint density at radius 1 is 1.44 bits per heavy atom. The third kappa shape index (κ3) is 1.81. The Morgan fingerprint density at radius 2 is 2.19 bits per heavy atom. The molecule has 0 aliphatic carbocycles. The van der Waals surface area contributed by atoms with Crippen LogP contribution >= 0.6 is 0 Å². The number of hydrogen-bond donors (Lipinski definition) is 1. The van der Waals surface area contributed by atoms with Crippen molar-refractivity contribution in [3.05, 3.63) is 47.0 Å². The van der Waals surface area contributed by atoms with Gasteiger partial charge in [0, 0.05) is 12.6 Å². The summed E-state index contributed by atoms with van der Waals surface area (Å²) in [5.41, 5.74) is 1.60. The fourth-order valence-corrected chi connectivity index (χ4v) is 1.58. The summed E-state index contributed by atoms with van der Waals surface area (Å²) >= 11 is 0. The maximum atomic E-state index is 13.5. The van der Waals surface area contributed by atoms with Crippen molar-refractivity contribution in [2.75, 3.05) is 0 Å². The van der Waals surface area contributed by atoms with E-state index in [1.807, 2.05) is 6.92 Å². The number of hydrogen-bond acceptors (Lipinski definition) is 3. The molecular weight excluding hydrogens is 209 g/mol. The third-order valence-corrected chi connectivity index (χ3v) is 2.48. The van der Waals surface area contributed by atoms with Crippen molar-refractivity contribution in [2.45, 2.75) is 13.0 Å². The van der Waals surface area contributed by atoms with Crippen molar-refractivity contribution in [2.24, 2.45) is 7.05 Å². The van der Waals surface area contributed by atoms with E-state index in [4.69, 9.17) is 0 Å². The number of aryl methyl sites for hydroxylation is 2. The maximum absolute atomic E-state index is 13.5. The summed E-state index contributed by atoms with van der Waals surface area (Å²) in [4.78, 5) is 0. The zero-order valence-electron chi connectivity index (χ0n) is 9.05. The molecule has 1 heterocycles. The summed E-state index contributed by atoms with van der Waals surface area (Å²) in [7, 11) is 1.65. The first-order valence-electron chi connectivity index (χ1n) is 4.88. The highest BCUT2D eigenvalue weighted by atomic mass is 19.1. The van der Waals surface area contributed by atoms with Crippen LogP contribution in [0.3, 0.4) is 0 Å². The summed E-state index contributed by atoms with van der Waals surface area (Å²) in [6.45, 7) is 1.84. The van der Waals surface area contributed by atoms with Gasteiger partial charge in [-0.2, -0.15) is 0 Å². The van der Waals surface area contributed by atoms with Crippen LogP contribution in [-0.2, 0) is 7.05 Å². The van der Waals surface area contributed by atoms with Crippen LogP contribution in [0.4, 0.5) is 4.39 Å². The van der Waals surface area contributed by atoms with Gasteiger partial charge in [0.1, 0.15) is 11.9 Å². The number of aliphatic hydroxyl groups is 1. The van der Waals surface area contributed by atoms with Gasteiger partial charge in [0.2, 0.25) is 0 Å². The zero-order chi connectivity index (χ0) is 11.7. The monoisotopic (exact) mass is 221 g/mol. The van der Waals surface area contributed by atoms with Crippen LogP contribution in [-0.4, -0.2) is 20.1 Å². The van der Waals surface area contributed by atoms with E-state index in [1.165, 1.54) is 16.9 Å². The molecule has 84 valence electrons. The van der Waals surface area contributed by atoms with E-state index in [-0.39, 0.29) is 5.56 Å². The van der Waals surface area contributed by atoms with Crippen molar-refractivity contribution >= 4 is 0 Å². The molecule has 0 fully saturated rings. The second-order valence-electron chi connectivity index (χ2n) is 3.71. The number of rotatable bonds is 2. The highest BCUT2D eigenvalue weighted by Gasteiger charge is 2.18. The van der Waals surface area contributed by atoms with Crippen LogP contribution in [0.15, 0.2) is 24.4 Å². The van der Waals surface area contributed by atoms with Gasteiger partial charge in [0.15, 0.2) is 0 Å². The van der Waals surface area contributed by atoms with Crippen LogP contribution in [0, 0.1) is 12.7 Å². The lowest BCUT2D eigenvalue weighted by Gasteiger charge is -2.12. The van der Waals surface area contributed by atoms with Crippen LogP contribution in [0.1, 0.15) is 22.9 Å². The van der Waals surface area contributed by atoms with Crippen molar-refractivity contribution in [1.82, 2.24) is 15.0 Å². The molecule has 4 nitrogen and oxygen atoms in total. The van der Waals surface area contributed by atoms with Gasteiger partial charge in [-0.1, -0.05) is 22.9 Å². The quantitative estimate of drug-likeness (QED) is 0.832. The Labute approximate surface area is 92.3 Å². The van der Waals surface area contributed by atoms with Crippen molar-refractivity contribution in [1.29, 1.82) is 0 Å². The van der Waals surface area contributed by atoms with E-state index in [9.17, 15) is 9.50 Å². The molecule has 0 aliphatic heterocycles. The Bertz CT molecular complexity index is 510. The van der Waals surface area contributed by atoms with Gasteiger partial charge >= 0.3 is 0 Å². The first-order chi connectivity index (χ1) is 7.59. The Kier molecular flexibility index (Phi) is 2.70. The molecule has 16 heavy (non-hydrogen) atoms. The second kappa shape index (κ2) is 4.02. The number of nitrogens with zero attached hydrogens (tertiary/aromatic N) is 3. The summed E-state index contributed by atoms with van der Waals surface area (Å²) in [6.07, 6.45) is 0.381. The average molecular weight is 221 g/mol. The molecule has 5 heteroatoms.